The summed E-state index contributed by atoms with van der Waals surface area (Å²) in [6.07, 6.45) is 1.38. The van der Waals surface area contributed by atoms with Gasteiger partial charge in [0.15, 0.2) is 5.71 Å². The molecule has 0 amide bonds. The van der Waals surface area contributed by atoms with Gasteiger partial charge in [0.05, 0.1) is 7.11 Å². The predicted octanol–water partition coefficient (Wildman–Crippen LogP) is 3.98. The Balaban J connectivity index is 2.34. The zero-order valence-electron chi connectivity index (χ0n) is 15.5. The number of para-hydroxylation sites is 1. The number of aryl methyl sites for hydroxylation is 1. The number of methoxy groups -OCH3 is 1. The van der Waals surface area contributed by atoms with Crippen LogP contribution in [0.15, 0.2) is 51.7 Å². The van der Waals surface area contributed by atoms with Gasteiger partial charge in [-0.15, -0.1) is 0 Å². The highest BCUT2D eigenvalue weighted by molar-refractivity contribution is 6.43. The van der Waals surface area contributed by atoms with Crippen LogP contribution >= 0.6 is 0 Å². The Bertz CT molecular complexity index is 744. The van der Waals surface area contributed by atoms with Gasteiger partial charge in [0.2, 0.25) is 0 Å². The molecule has 0 saturated heterocycles. The second-order valence-electron chi connectivity index (χ2n) is 6.16. The SMILES string of the molecule is CON=C(C(=O)OC)C1=C(COc2ccccc2C)CC(C)=C(C)C1. The van der Waals surface area contributed by atoms with E-state index < -0.39 is 5.97 Å². The number of carbonyl (C=O) groups excluding carboxylic acids is 1. The molecule has 0 bridgehead atoms. The lowest BCUT2D eigenvalue weighted by Gasteiger charge is -2.23. The molecule has 0 fully saturated rings. The Hall–Kier alpha value is -2.56. The van der Waals surface area contributed by atoms with E-state index in [2.05, 4.69) is 19.0 Å². The number of rotatable bonds is 6. The first kappa shape index (κ1) is 18.8. The van der Waals surface area contributed by atoms with E-state index in [1.54, 1.807) is 0 Å². The molecule has 0 aromatic heterocycles. The molecule has 134 valence electrons. The maximum atomic E-state index is 12.1. The number of benzene rings is 1. The number of allylic oxidation sites excluding steroid dienone is 2. The molecular weight excluding hydrogens is 318 g/mol. The van der Waals surface area contributed by atoms with Crippen LogP contribution in [0.1, 0.15) is 32.3 Å². The molecule has 25 heavy (non-hydrogen) atoms. The Kier molecular flexibility index (Phi) is 6.39. The minimum atomic E-state index is -0.502. The second-order valence-corrected chi connectivity index (χ2v) is 6.16. The monoisotopic (exact) mass is 343 g/mol. The molecule has 1 aromatic carbocycles. The van der Waals surface area contributed by atoms with Gasteiger partial charge in [-0.05, 0) is 56.4 Å². The molecule has 5 nitrogen and oxygen atoms in total. The zero-order chi connectivity index (χ0) is 18.4. The predicted molar refractivity (Wildman–Crippen MR) is 97.8 cm³/mol. The van der Waals surface area contributed by atoms with Gasteiger partial charge in [0.1, 0.15) is 19.5 Å². The van der Waals surface area contributed by atoms with E-state index in [9.17, 15) is 4.79 Å². The molecule has 0 spiro atoms. The van der Waals surface area contributed by atoms with Gasteiger partial charge < -0.3 is 14.3 Å². The van der Waals surface area contributed by atoms with Crippen molar-refractivity contribution in [2.75, 3.05) is 20.8 Å². The van der Waals surface area contributed by atoms with Crippen LogP contribution in [-0.2, 0) is 14.4 Å². The summed E-state index contributed by atoms with van der Waals surface area (Å²) in [7, 11) is 2.76. The van der Waals surface area contributed by atoms with Crippen molar-refractivity contribution in [1.29, 1.82) is 0 Å². The number of hydrogen-bond acceptors (Lipinski definition) is 5. The van der Waals surface area contributed by atoms with Crippen LogP contribution in [0.5, 0.6) is 5.75 Å². The van der Waals surface area contributed by atoms with E-state index in [0.29, 0.717) is 13.0 Å². The van der Waals surface area contributed by atoms with Crippen molar-refractivity contribution in [2.24, 2.45) is 5.16 Å². The fourth-order valence-corrected chi connectivity index (χ4v) is 2.79. The first-order valence-corrected chi connectivity index (χ1v) is 8.22. The van der Waals surface area contributed by atoms with E-state index in [4.69, 9.17) is 14.3 Å². The highest BCUT2D eigenvalue weighted by Crippen LogP contribution is 2.31. The third-order valence-electron chi connectivity index (χ3n) is 4.42. The Morgan fingerprint density at radius 3 is 2.40 bits per heavy atom. The summed E-state index contributed by atoms with van der Waals surface area (Å²) in [5.74, 6) is 0.333. The standard InChI is InChI=1S/C20H25NO4/c1-13-8-6-7-9-18(13)25-12-16-10-14(2)15(3)11-17(16)19(21-24-5)20(22)23-4/h6-9H,10-12H2,1-5H3. The van der Waals surface area contributed by atoms with Gasteiger partial charge in [-0.1, -0.05) is 34.5 Å². The maximum Gasteiger partial charge on any atom is 0.360 e. The van der Waals surface area contributed by atoms with E-state index in [0.717, 1.165) is 28.9 Å². The molecule has 0 atom stereocenters. The van der Waals surface area contributed by atoms with Crippen LogP contribution in [0.3, 0.4) is 0 Å². The first-order chi connectivity index (χ1) is 12.0. The Labute approximate surface area is 149 Å². The molecule has 0 aliphatic heterocycles. The van der Waals surface area contributed by atoms with Crippen LogP contribution in [0.2, 0.25) is 0 Å². The van der Waals surface area contributed by atoms with Gasteiger partial charge in [-0.2, -0.15) is 0 Å². The largest absolute Gasteiger partial charge is 0.489 e. The highest BCUT2D eigenvalue weighted by atomic mass is 16.6. The Morgan fingerprint density at radius 2 is 1.76 bits per heavy atom. The number of esters is 1. The Morgan fingerprint density at radius 1 is 1.08 bits per heavy atom. The third kappa shape index (κ3) is 4.50. The van der Waals surface area contributed by atoms with Crippen molar-refractivity contribution >= 4 is 11.7 Å². The maximum absolute atomic E-state index is 12.1. The average molecular weight is 343 g/mol. The van der Waals surface area contributed by atoms with E-state index in [-0.39, 0.29) is 5.71 Å². The molecule has 0 unspecified atom stereocenters. The fraction of sp³-hybridized carbons (Fsp3) is 0.400. The molecule has 1 aliphatic rings. The molecule has 0 heterocycles. The molecule has 1 aromatic rings. The summed E-state index contributed by atoms with van der Waals surface area (Å²) >= 11 is 0. The lowest BCUT2D eigenvalue weighted by molar-refractivity contribution is -0.132. The second kappa shape index (κ2) is 8.51. The van der Waals surface area contributed by atoms with E-state index in [1.165, 1.54) is 25.4 Å². The van der Waals surface area contributed by atoms with Crippen molar-refractivity contribution in [1.82, 2.24) is 0 Å². The van der Waals surface area contributed by atoms with Gasteiger partial charge in [0.25, 0.3) is 0 Å². The van der Waals surface area contributed by atoms with Crippen molar-refractivity contribution in [3.63, 3.8) is 0 Å². The lowest BCUT2D eigenvalue weighted by Crippen LogP contribution is -2.24. The normalized spacial score (nSPS) is 15.3. The molecular formula is C20H25NO4. The third-order valence-corrected chi connectivity index (χ3v) is 4.42. The number of ether oxygens (including phenoxy) is 2. The van der Waals surface area contributed by atoms with Crippen molar-refractivity contribution < 1.29 is 19.1 Å². The minimum absolute atomic E-state index is 0.209. The molecule has 2 rings (SSSR count). The smallest absolute Gasteiger partial charge is 0.360 e. The summed E-state index contributed by atoms with van der Waals surface area (Å²) in [6, 6.07) is 7.87. The van der Waals surface area contributed by atoms with Crippen LogP contribution < -0.4 is 4.74 Å². The van der Waals surface area contributed by atoms with Crippen LogP contribution in [0, 0.1) is 6.92 Å². The quantitative estimate of drug-likeness (QED) is 0.339. The summed E-state index contributed by atoms with van der Waals surface area (Å²) in [4.78, 5) is 17.0. The minimum Gasteiger partial charge on any atom is -0.489 e. The molecule has 0 N–H and O–H groups in total. The number of carbonyl (C=O) groups is 1. The van der Waals surface area contributed by atoms with Gasteiger partial charge >= 0.3 is 5.97 Å². The zero-order valence-corrected chi connectivity index (χ0v) is 15.5. The van der Waals surface area contributed by atoms with Crippen LogP contribution in [0.4, 0.5) is 0 Å². The van der Waals surface area contributed by atoms with Gasteiger partial charge in [-0.3, -0.25) is 0 Å². The summed E-state index contributed by atoms with van der Waals surface area (Å²) in [5, 5.41) is 3.91. The van der Waals surface area contributed by atoms with E-state index >= 15 is 0 Å². The summed E-state index contributed by atoms with van der Waals surface area (Å²) < 4.78 is 10.9. The van der Waals surface area contributed by atoms with Crippen LogP contribution in [-0.4, -0.2) is 32.5 Å². The van der Waals surface area contributed by atoms with Crippen LogP contribution in [0.25, 0.3) is 0 Å². The highest BCUT2D eigenvalue weighted by Gasteiger charge is 2.26. The summed E-state index contributed by atoms with van der Waals surface area (Å²) in [6.45, 7) is 6.57. The molecule has 1 aliphatic carbocycles. The van der Waals surface area contributed by atoms with Crippen molar-refractivity contribution in [3.8, 4) is 5.75 Å². The number of oxime groups is 1. The number of nitrogens with zero attached hydrogens (tertiary/aromatic N) is 1. The number of hydrogen-bond donors (Lipinski definition) is 0. The van der Waals surface area contributed by atoms with E-state index in [1.807, 2.05) is 31.2 Å². The van der Waals surface area contributed by atoms with Crippen molar-refractivity contribution in [3.05, 3.63) is 52.1 Å². The van der Waals surface area contributed by atoms with Gasteiger partial charge in [-0.25, -0.2) is 4.79 Å². The lowest BCUT2D eigenvalue weighted by atomic mass is 9.85. The van der Waals surface area contributed by atoms with Gasteiger partial charge in [0, 0.05) is 0 Å². The summed E-state index contributed by atoms with van der Waals surface area (Å²) in [5.41, 5.74) is 5.64. The molecule has 5 heteroatoms. The fourth-order valence-electron chi connectivity index (χ4n) is 2.79. The topological polar surface area (TPSA) is 57.1 Å². The molecule has 0 radical (unpaired) electrons. The average Bonchev–Trinajstić information content (AvgIpc) is 2.61. The van der Waals surface area contributed by atoms with Crippen molar-refractivity contribution in [2.45, 2.75) is 33.6 Å². The molecule has 0 saturated carbocycles. The first-order valence-electron chi connectivity index (χ1n) is 8.22.